The Morgan fingerprint density at radius 2 is 1.74 bits per heavy atom. The number of nitriles is 1. The molecule has 8 heteroatoms. The molecule has 0 fully saturated rings. The molecule has 0 atom stereocenters. The number of para-hydroxylation sites is 1. The van der Waals surface area contributed by atoms with Crippen molar-refractivity contribution in [1.82, 2.24) is 0 Å². The summed E-state index contributed by atoms with van der Waals surface area (Å²) in [7, 11) is 0. The molecular weight excluding hydrogens is 504 g/mol. The number of hydrogen-bond acceptors (Lipinski definition) is 6. The normalized spacial score (nSPS) is 11.0. The molecule has 198 valence electrons. The van der Waals surface area contributed by atoms with E-state index >= 15 is 0 Å². The Balaban J connectivity index is 1.59. The molecule has 3 aromatic carbocycles. The number of nitrogens with one attached hydrogen (secondary N) is 1. The lowest BCUT2D eigenvalue weighted by Crippen LogP contribution is -2.14. The van der Waals surface area contributed by atoms with Gasteiger partial charge in [-0.2, -0.15) is 5.26 Å². The zero-order valence-electron chi connectivity index (χ0n) is 21.8. The maximum absolute atomic E-state index is 12.7. The van der Waals surface area contributed by atoms with Gasteiger partial charge in [0.2, 0.25) is 0 Å². The summed E-state index contributed by atoms with van der Waals surface area (Å²) >= 11 is 6.49. The van der Waals surface area contributed by atoms with E-state index in [1.165, 1.54) is 6.08 Å². The number of nitrogens with zero attached hydrogens (tertiary/aromatic N) is 1. The van der Waals surface area contributed by atoms with Crippen molar-refractivity contribution < 1.29 is 23.7 Å². The van der Waals surface area contributed by atoms with E-state index in [0.717, 1.165) is 16.9 Å². The Morgan fingerprint density at radius 3 is 2.45 bits per heavy atom. The average Bonchev–Trinajstić information content (AvgIpc) is 2.89. The molecule has 1 amide bonds. The zero-order chi connectivity index (χ0) is 27.3. The summed E-state index contributed by atoms with van der Waals surface area (Å²) in [6.07, 6.45) is 1.46. The van der Waals surface area contributed by atoms with Gasteiger partial charge in [-0.1, -0.05) is 41.9 Å². The first-order valence-corrected chi connectivity index (χ1v) is 12.6. The number of rotatable bonds is 13. The fourth-order valence-electron chi connectivity index (χ4n) is 3.52. The van der Waals surface area contributed by atoms with E-state index in [9.17, 15) is 10.1 Å². The predicted octanol–water partition coefficient (Wildman–Crippen LogP) is 6.38. The number of carbonyl (C=O) groups excluding carboxylic acids is 1. The lowest BCUT2D eigenvalue weighted by atomic mass is 10.1. The fourth-order valence-corrected chi connectivity index (χ4v) is 3.79. The lowest BCUT2D eigenvalue weighted by Gasteiger charge is -2.15. The molecule has 1 N–H and O–H groups in total. The number of benzene rings is 3. The Bertz CT molecular complexity index is 1320. The summed E-state index contributed by atoms with van der Waals surface area (Å²) in [6.45, 7) is 7.53. The minimum atomic E-state index is -0.514. The molecule has 0 spiro atoms. The van der Waals surface area contributed by atoms with Gasteiger partial charge in [0.1, 0.15) is 30.6 Å². The average molecular weight is 535 g/mol. The van der Waals surface area contributed by atoms with Gasteiger partial charge in [0.25, 0.3) is 5.91 Å². The van der Waals surface area contributed by atoms with Crippen molar-refractivity contribution in [1.29, 1.82) is 5.26 Å². The molecule has 38 heavy (non-hydrogen) atoms. The molecule has 0 saturated heterocycles. The van der Waals surface area contributed by atoms with Gasteiger partial charge in [0.05, 0.1) is 24.8 Å². The zero-order valence-corrected chi connectivity index (χ0v) is 22.5. The minimum absolute atomic E-state index is 0.0679. The molecule has 7 nitrogen and oxygen atoms in total. The Kier molecular flexibility index (Phi) is 11.0. The smallest absolute Gasteiger partial charge is 0.266 e. The van der Waals surface area contributed by atoms with Gasteiger partial charge < -0.3 is 24.3 Å². The molecule has 0 radical (unpaired) electrons. The first-order chi connectivity index (χ1) is 18.4. The molecule has 3 aromatic rings. The van der Waals surface area contributed by atoms with Crippen molar-refractivity contribution in [3.8, 4) is 23.3 Å². The van der Waals surface area contributed by atoms with Crippen LogP contribution in [0.5, 0.6) is 17.2 Å². The van der Waals surface area contributed by atoms with E-state index in [1.807, 2.05) is 69.3 Å². The van der Waals surface area contributed by atoms with Crippen LogP contribution in [0.3, 0.4) is 0 Å². The molecule has 0 saturated carbocycles. The lowest BCUT2D eigenvalue weighted by molar-refractivity contribution is -0.112. The summed E-state index contributed by atoms with van der Waals surface area (Å²) in [5.41, 5.74) is 3.13. The molecule has 0 heterocycles. The molecule has 0 aromatic heterocycles. The van der Waals surface area contributed by atoms with Crippen LogP contribution in [0.25, 0.3) is 6.08 Å². The molecule has 0 aliphatic rings. The van der Waals surface area contributed by atoms with Gasteiger partial charge in [0, 0.05) is 5.69 Å². The number of aryl methyl sites for hydroxylation is 2. The topological polar surface area (TPSA) is 89.8 Å². The Labute approximate surface area is 228 Å². The molecule has 3 rings (SSSR count). The predicted molar refractivity (Wildman–Crippen MR) is 149 cm³/mol. The number of ether oxygens (including phenoxy) is 4. The van der Waals surface area contributed by atoms with E-state index in [-0.39, 0.29) is 12.2 Å². The first-order valence-electron chi connectivity index (χ1n) is 12.3. The van der Waals surface area contributed by atoms with Crippen LogP contribution in [-0.4, -0.2) is 38.9 Å². The third-order valence-electron chi connectivity index (χ3n) is 5.36. The van der Waals surface area contributed by atoms with E-state index in [2.05, 4.69) is 5.32 Å². The number of hydrogen-bond donors (Lipinski definition) is 1. The minimum Gasteiger partial charge on any atom is -0.491 e. The second-order valence-corrected chi connectivity index (χ2v) is 8.73. The number of amides is 1. The number of halogens is 1. The van der Waals surface area contributed by atoms with Crippen molar-refractivity contribution in [3.63, 3.8) is 0 Å². The van der Waals surface area contributed by atoms with Crippen LogP contribution in [0, 0.1) is 25.2 Å². The van der Waals surface area contributed by atoms with Crippen molar-refractivity contribution in [2.45, 2.75) is 20.8 Å². The third-order valence-corrected chi connectivity index (χ3v) is 5.64. The van der Waals surface area contributed by atoms with Crippen molar-refractivity contribution in [2.75, 3.05) is 38.4 Å². The van der Waals surface area contributed by atoms with E-state index < -0.39 is 5.91 Å². The molecular formula is C30H31ClN2O5. The molecule has 0 bridgehead atoms. The first kappa shape index (κ1) is 28.6. The van der Waals surface area contributed by atoms with Crippen LogP contribution >= 0.6 is 11.6 Å². The van der Waals surface area contributed by atoms with Gasteiger partial charge in [-0.25, -0.2) is 0 Å². The third kappa shape index (κ3) is 8.55. The van der Waals surface area contributed by atoms with Gasteiger partial charge in [0.15, 0.2) is 11.5 Å². The van der Waals surface area contributed by atoms with E-state index in [1.54, 1.807) is 18.2 Å². The number of carbonyl (C=O) groups is 1. The van der Waals surface area contributed by atoms with Crippen LogP contribution in [0.15, 0.2) is 66.2 Å². The van der Waals surface area contributed by atoms with Gasteiger partial charge in [-0.15, -0.1) is 0 Å². The SMILES string of the molecule is CCOc1cc(/C=C(\C#N)C(=O)Nc2ccccc2C)cc(Cl)c1OCCOCCOc1cccc(C)c1. The van der Waals surface area contributed by atoms with Crippen LogP contribution in [0.4, 0.5) is 5.69 Å². The summed E-state index contributed by atoms with van der Waals surface area (Å²) in [4.78, 5) is 12.7. The van der Waals surface area contributed by atoms with Crippen molar-refractivity contribution in [3.05, 3.63) is 87.9 Å². The highest BCUT2D eigenvalue weighted by molar-refractivity contribution is 6.32. The summed E-state index contributed by atoms with van der Waals surface area (Å²) in [5.74, 6) is 1.07. The second-order valence-electron chi connectivity index (χ2n) is 8.33. The van der Waals surface area contributed by atoms with Gasteiger partial charge >= 0.3 is 0 Å². The molecule has 0 unspecified atom stereocenters. The largest absolute Gasteiger partial charge is 0.491 e. The van der Waals surface area contributed by atoms with Crippen molar-refractivity contribution >= 4 is 29.3 Å². The van der Waals surface area contributed by atoms with Crippen LogP contribution in [0.1, 0.15) is 23.6 Å². The molecule has 0 aliphatic carbocycles. The fraction of sp³-hybridized carbons (Fsp3) is 0.267. The molecule has 0 aliphatic heterocycles. The second kappa shape index (κ2) is 14.7. The Hall–Kier alpha value is -3.99. The highest BCUT2D eigenvalue weighted by Gasteiger charge is 2.15. The van der Waals surface area contributed by atoms with E-state index in [4.69, 9.17) is 30.5 Å². The van der Waals surface area contributed by atoms with Gasteiger partial charge in [-0.05, 0) is 73.9 Å². The van der Waals surface area contributed by atoms with Crippen LogP contribution in [-0.2, 0) is 9.53 Å². The van der Waals surface area contributed by atoms with Crippen LogP contribution in [0.2, 0.25) is 5.02 Å². The maximum Gasteiger partial charge on any atom is 0.266 e. The summed E-state index contributed by atoms with van der Waals surface area (Å²) < 4.78 is 22.8. The van der Waals surface area contributed by atoms with Crippen LogP contribution < -0.4 is 19.5 Å². The van der Waals surface area contributed by atoms with E-state index in [0.29, 0.717) is 54.2 Å². The monoisotopic (exact) mass is 534 g/mol. The highest BCUT2D eigenvalue weighted by atomic mass is 35.5. The summed E-state index contributed by atoms with van der Waals surface area (Å²) in [6, 6.07) is 20.4. The Morgan fingerprint density at radius 1 is 0.974 bits per heavy atom. The van der Waals surface area contributed by atoms with Gasteiger partial charge in [-0.3, -0.25) is 4.79 Å². The summed E-state index contributed by atoms with van der Waals surface area (Å²) in [5, 5.41) is 12.7. The number of anilines is 1. The van der Waals surface area contributed by atoms with Crippen molar-refractivity contribution in [2.24, 2.45) is 0 Å². The maximum atomic E-state index is 12.7. The quantitative estimate of drug-likeness (QED) is 0.155. The standard InChI is InChI=1S/C30H31ClN2O5/c1-4-36-28-19-23(17-24(20-32)30(34)33-27-11-6-5-9-22(27)3)18-26(31)29(28)38-15-13-35-12-14-37-25-10-7-8-21(2)16-25/h5-11,16-19H,4,12-15H2,1-3H3,(H,33,34)/b24-17+. The highest BCUT2D eigenvalue weighted by Crippen LogP contribution is 2.37.